The summed E-state index contributed by atoms with van der Waals surface area (Å²) in [4.78, 5) is 25.0. The molecule has 4 aromatic rings. The summed E-state index contributed by atoms with van der Waals surface area (Å²) in [6.07, 6.45) is 5.10. The third kappa shape index (κ3) is 3.33. The lowest BCUT2D eigenvalue weighted by Gasteiger charge is -2.04. The number of fused-ring (bicyclic) bond motifs is 2. The van der Waals surface area contributed by atoms with Crippen LogP contribution in [0.4, 0.5) is 0 Å². The summed E-state index contributed by atoms with van der Waals surface area (Å²) >= 11 is 0. The number of benzene rings is 2. The predicted octanol–water partition coefficient (Wildman–Crippen LogP) is 5.10. The molecule has 5 rings (SSSR count). The SMILES string of the molecule is CCn1cc(/C=C2/Oc3cc(OC(=O)c4ccco4)ccc3C2=O)c2cc(OC)ccc21. The maximum absolute atomic E-state index is 12.9. The number of rotatable bonds is 5. The van der Waals surface area contributed by atoms with Gasteiger partial charge in [0.25, 0.3) is 0 Å². The molecule has 0 bridgehead atoms. The van der Waals surface area contributed by atoms with Gasteiger partial charge >= 0.3 is 5.97 Å². The fourth-order valence-electron chi connectivity index (χ4n) is 3.73. The molecule has 0 fully saturated rings. The topological polar surface area (TPSA) is 79.9 Å². The van der Waals surface area contributed by atoms with Gasteiger partial charge < -0.3 is 23.2 Å². The van der Waals surface area contributed by atoms with Gasteiger partial charge in [-0.15, -0.1) is 0 Å². The van der Waals surface area contributed by atoms with E-state index in [-0.39, 0.29) is 23.1 Å². The average Bonchev–Trinajstić information content (AvgIpc) is 3.53. The lowest BCUT2D eigenvalue weighted by atomic mass is 10.1. The van der Waals surface area contributed by atoms with Gasteiger partial charge in [0, 0.05) is 35.3 Å². The van der Waals surface area contributed by atoms with Crippen LogP contribution in [0.1, 0.15) is 33.4 Å². The molecule has 0 aliphatic carbocycles. The highest BCUT2D eigenvalue weighted by molar-refractivity contribution is 6.15. The Morgan fingerprint density at radius 2 is 1.97 bits per heavy atom. The Bertz CT molecular complexity index is 1380. The summed E-state index contributed by atoms with van der Waals surface area (Å²) in [5.74, 6) is 0.754. The first-order valence-electron chi connectivity index (χ1n) is 10.1. The summed E-state index contributed by atoms with van der Waals surface area (Å²) in [7, 11) is 1.62. The summed E-state index contributed by atoms with van der Waals surface area (Å²) in [6.45, 7) is 2.84. The second kappa shape index (κ2) is 7.77. The third-order valence-corrected chi connectivity index (χ3v) is 5.32. The number of Topliss-reactive ketones (excluding diaryl/α,β-unsaturated/α-hetero) is 1. The molecule has 2 aromatic heterocycles. The van der Waals surface area contributed by atoms with E-state index in [0.29, 0.717) is 11.3 Å². The van der Waals surface area contributed by atoms with Crippen molar-refractivity contribution >= 4 is 28.7 Å². The Kier molecular flexibility index (Phi) is 4.78. The molecule has 1 aliphatic heterocycles. The standard InChI is InChI=1S/C25H19NO6/c1-3-26-14-15(19-12-16(29-2)7-9-20(19)26)11-23-24(27)18-8-6-17(13-22(18)32-23)31-25(28)21-5-4-10-30-21/h4-14H,3H2,1-2H3/b23-11+. The number of carbonyl (C=O) groups is 2. The highest BCUT2D eigenvalue weighted by Crippen LogP contribution is 2.36. The second-order valence-corrected chi connectivity index (χ2v) is 7.22. The van der Waals surface area contributed by atoms with Crippen molar-refractivity contribution in [3.05, 3.63) is 83.6 Å². The van der Waals surface area contributed by atoms with Crippen LogP contribution in [0.25, 0.3) is 17.0 Å². The molecule has 3 heterocycles. The van der Waals surface area contributed by atoms with Gasteiger partial charge in [0.2, 0.25) is 11.5 Å². The maximum Gasteiger partial charge on any atom is 0.379 e. The van der Waals surface area contributed by atoms with E-state index in [1.165, 1.54) is 18.4 Å². The van der Waals surface area contributed by atoms with Crippen LogP contribution < -0.4 is 14.2 Å². The number of hydrogen-bond donors (Lipinski definition) is 0. The van der Waals surface area contributed by atoms with Crippen molar-refractivity contribution in [3.8, 4) is 17.2 Å². The molecule has 0 N–H and O–H groups in total. The van der Waals surface area contributed by atoms with Gasteiger partial charge in [-0.25, -0.2) is 4.79 Å². The zero-order chi connectivity index (χ0) is 22.2. The molecule has 0 radical (unpaired) electrons. The summed E-state index contributed by atoms with van der Waals surface area (Å²) in [5, 5.41) is 0.958. The van der Waals surface area contributed by atoms with Crippen LogP contribution in [0.15, 0.2) is 71.2 Å². The van der Waals surface area contributed by atoms with E-state index in [1.807, 2.05) is 24.4 Å². The number of hydrogen-bond acceptors (Lipinski definition) is 6. The lowest BCUT2D eigenvalue weighted by Crippen LogP contribution is -2.07. The van der Waals surface area contributed by atoms with Crippen LogP contribution in [0.2, 0.25) is 0 Å². The summed E-state index contributed by atoms with van der Waals surface area (Å²) in [5.41, 5.74) is 2.29. The van der Waals surface area contributed by atoms with Crippen molar-refractivity contribution in [3.63, 3.8) is 0 Å². The quantitative estimate of drug-likeness (QED) is 0.250. The van der Waals surface area contributed by atoms with Crippen molar-refractivity contribution in [1.29, 1.82) is 0 Å². The van der Waals surface area contributed by atoms with Gasteiger partial charge in [0.1, 0.15) is 17.2 Å². The molecule has 160 valence electrons. The molecule has 7 nitrogen and oxygen atoms in total. The van der Waals surface area contributed by atoms with Gasteiger partial charge in [-0.3, -0.25) is 4.79 Å². The molecule has 7 heteroatoms. The van der Waals surface area contributed by atoms with Gasteiger partial charge in [0.15, 0.2) is 5.76 Å². The van der Waals surface area contributed by atoms with E-state index in [2.05, 4.69) is 11.5 Å². The lowest BCUT2D eigenvalue weighted by molar-refractivity contribution is 0.0701. The number of furan rings is 1. The molecule has 0 atom stereocenters. The fourth-order valence-corrected chi connectivity index (χ4v) is 3.73. The van der Waals surface area contributed by atoms with Gasteiger partial charge in [-0.05, 0) is 55.5 Å². The molecule has 0 saturated carbocycles. The molecule has 32 heavy (non-hydrogen) atoms. The number of ketones is 1. The minimum absolute atomic E-state index is 0.0887. The van der Waals surface area contributed by atoms with Crippen LogP contribution in [-0.2, 0) is 6.54 Å². The number of aromatic nitrogens is 1. The van der Waals surface area contributed by atoms with Crippen LogP contribution in [0, 0.1) is 0 Å². The fraction of sp³-hybridized carbons (Fsp3) is 0.120. The van der Waals surface area contributed by atoms with Gasteiger partial charge in [-0.1, -0.05) is 0 Å². The Labute approximate surface area is 183 Å². The van der Waals surface area contributed by atoms with Crippen molar-refractivity contribution in [2.75, 3.05) is 7.11 Å². The Morgan fingerprint density at radius 1 is 1.12 bits per heavy atom. The predicted molar refractivity (Wildman–Crippen MR) is 117 cm³/mol. The summed E-state index contributed by atoms with van der Waals surface area (Å²) < 4.78 is 23.7. The number of methoxy groups -OCH3 is 1. The number of ether oxygens (including phenoxy) is 3. The summed E-state index contributed by atoms with van der Waals surface area (Å²) in [6, 6.07) is 13.6. The van der Waals surface area contributed by atoms with E-state index in [0.717, 1.165) is 28.8 Å². The molecule has 0 spiro atoms. The maximum atomic E-state index is 12.9. The number of aryl methyl sites for hydroxylation is 1. The van der Waals surface area contributed by atoms with Crippen LogP contribution in [0.5, 0.6) is 17.2 Å². The van der Waals surface area contributed by atoms with Crippen molar-refractivity contribution < 1.29 is 28.2 Å². The zero-order valence-corrected chi connectivity index (χ0v) is 17.5. The molecular formula is C25H19NO6. The van der Waals surface area contributed by atoms with E-state index in [4.69, 9.17) is 18.6 Å². The van der Waals surface area contributed by atoms with Crippen LogP contribution in [0.3, 0.4) is 0 Å². The first kappa shape index (κ1) is 19.7. The normalized spacial score (nSPS) is 13.9. The number of allylic oxidation sites excluding steroid dienone is 1. The Balaban J connectivity index is 1.46. The minimum atomic E-state index is -0.628. The molecule has 1 aliphatic rings. The van der Waals surface area contributed by atoms with E-state index >= 15 is 0 Å². The van der Waals surface area contributed by atoms with Crippen LogP contribution >= 0.6 is 0 Å². The molecule has 0 unspecified atom stereocenters. The molecule has 2 aromatic carbocycles. The number of carbonyl (C=O) groups excluding carboxylic acids is 2. The monoisotopic (exact) mass is 429 g/mol. The highest BCUT2D eigenvalue weighted by Gasteiger charge is 2.28. The zero-order valence-electron chi connectivity index (χ0n) is 17.5. The third-order valence-electron chi connectivity index (χ3n) is 5.32. The largest absolute Gasteiger partial charge is 0.497 e. The van der Waals surface area contributed by atoms with Crippen molar-refractivity contribution in [2.45, 2.75) is 13.5 Å². The van der Waals surface area contributed by atoms with E-state index in [9.17, 15) is 9.59 Å². The average molecular weight is 429 g/mol. The smallest absolute Gasteiger partial charge is 0.379 e. The van der Waals surface area contributed by atoms with E-state index < -0.39 is 5.97 Å². The Hall–Kier alpha value is -4.26. The first-order valence-corrected chi connectivity index (χ1v) is 10.1. The number of esters is 1. The molecule has 0 saturated heterocycles. The highest BCUT2D eigenvalue weighted by atomic mass is 16.5. The minimum Gasteiger partial charge on any atom is -0.497 e. The van der Waals surface area contributed by atoms with Gasteiger partial charge in [0.05, 0.1) is 18.9 Å². The Morgan fingerprint density at radius 3 is 2.72 bits per heavy atom. The molecule has 0 amide bonds. The second-order valence-electron chi connectivity index (χ2n) is 7.22. The van der Waals surface area contributed by atoms with Crippen molar-refractivity contribution in [2.24, 2.45) is 0 Å². The van der Waals surface area contributed by atoms with Gasteiger partial charge in [-0.2, -0.15) is 0 Å². The first-order chi connectivity index (χ1) is 15.6. The van der Waals surface area contributed by atoms with Crippen LogP contribution in [-0.4, -0.2) is 23.4 Å². The number of nitrogens with zero attached hydrogens (tertiary/aromatic N) is 1. The van der Waals surface area contributed by atoms with E-state index in [1.54, 1.807) is 31.4 Å². The molecular weight excluding hydrogens is 410 g/mol. The van der Waals surface area contributed by atoms with Crippen molar-refractivity contribution in [1.82, 2.24) is 4.57 Å².